The van der Waals surface area contributed by atoms with Crippen LogP contribution in [-0.2, 0) is 54.1 Å². The van der Waals surface area contributed by atoms with Crippen LogP contribution in [-0.4, -0.2) is 178 Å². The van der Waals surface area contributed by atoms with Crippen molar-refractivity contribution in [3.63, 3.8) is 0 Å². The van der Waals surface area contributed by atoms with Gasteiger partial charge in [-0.25, -0.2) is 0 Å². The van der Waals surface area contributed by atoms with Crippen LogP contribution in [0.1, 0.15) is 139 Å². The first kappa shape index (κ1) is 60.7. The number of aliphatic hydroxyl groups is 5. The summed E-state index contributed by atoms with van der Waals surface area (Å²) in [6.07, 6.45) is -5.32. The van der Waals surface area contributed by atoms with Crippen molar-refractivity contribution in [2.24, 2.45) is 17.8 Å². The molecule has 3 heterocycles. The van der Waals surface area contributed by atoms with Gasteiger partial charge in [-0.1, -0.05) is 45.7 Å². The summed E-state index contributed by atoms with van der Waals surface area (Å²) in [7, 11) is 6.62. The number of nitrogens with one attached hydrogen (secondary N) is 1. The van der Waals surface area contributed by atoms with Gasteiger partial charge >= 0.3 is 11.9 Å². The topological polar surface area (TPSA) is 235 Å². The molecule has 1 aromatic carbocycles. The zero-order valence-electron chi connectivity index (χ0n) is 45.2. The van der Waals surface area contributed by atoms with Gasteiger partial charge < -0.3 is 68.9 Å². The number of cyclic esters (lactones) is 1. The van der Waals surface area contributed by atoms with E-state index in [-0.39, 0.29) is 43.2 Å². The Hall–Kier alpha value is -2.85. The van der Waals surface area contributed by atoms with Gasteiger partial charge in [0.2, 0.25) is 5.91 Å². The van der Waals surface area contributed by atoms with Crippen LogP contribution in [0.5, 0.6) is 0 Å². The third-order valence-corrected chi connectivity index (χ3v) is 15.5. The minimum absolute atomic E-state index is 0.0851. The van der Waals surface area contributed by atoms with Crippen molar-refractivity contribution in [3.8, 4) is 0 Å². The molecule has 18 nitrogen and oxygen atoms in total. The number of unbranched alkanes of at least 4 members (excludes halogenated alkanes) is 3. The van der Waals surface area contributed by atoms with Crippen LogP contribution in [0.4, 0.5) is 5.69 Å². The maximum Gasteiger partial charge on any atom is 0.311 e. The Balaban J connectivity index is 1.62. The fraction of sp³-hybridized carbons (Fsp3) is 0.830. The predicted octanol–water partition coefficient (Wildman–Crippen LogP) is 4.92. The van der Waals surface area contributed by atoms with Crippen molar-refractivity contribution in [1.82, 2.24) is 9.80 Å². The van der Waals surface area contributed by atoms with Crippen molar-refractivity contribution >= 4 is 23.5 Å². The number of hydrogen-bond donors (Lipinski definition) is 6. The van der Waals surface area contributed by atoms with E-state index < -0.39 is 102 Å². The Morgan fingerprint density at radius 3 is 2.13 bits per heavy atom. The molecule has 3 aliphatic rings. The Bertz CT molecular complexity index is 1820. The van der Waals surface area contributed by atoms with Gasteiger partial charge in [0.25, 0.3) is 0 Å². The lowest BCUT2D eigenvalue weighted by atomic mass is 9.77. The lowest BCUT2D eigenvalue weighted by Gasteiger charge is -2.49. The summed E-state index contributed by atoms with van der Waals surface area (Å²) >= 11 is 0. The molecule has 6 N–H and O–H groups in total. The Morgan fingerprint density at radius 2 is 1.52 bits per heavy atom. The van der Waals surface area contributed by atoms with E-state index in [2.05, 4.69) is 10.1 Å². The first-order valence-corrected chi connectivity index (χ1v) is 25.9. The molecule has 3 aliphatic heterocycles. The quantitative estimate of drug-likeness (QED) is 0.0897. The van der Waals surface area contributed by atoms with E-state index in [0.29, 0.717) is 44.5 Å². The molecule has 18 atom stereocenters. The molecule has 0 spiro atoms. The van der Waals surface area contributed by atoms with Crippen LogP contribution in [0.2, 0.25) is 0 Å². The van der Waals surface area contributed by atoms with Crippen LogP contribution < -0.4 is 5.32 Å². The fourth-order valence-corrected chi connectivity index (χ4v) is 11.0. The van der Waals surface area contributed by atoms with Crippen LogP contribution >= 0.6 is 0 Å². The van der Waals surface area contributed by atoms with E-state index in [4.69, 9.17) is 28.4 Å². The number of rotatable bonds is 17. The third-order valence-electron chi connectivity index (χ3n) is 15.5. The lowest BCUT2D eigenvalue weighted by molar-refractivity contribution is -0.318. The van der Waals surface area contributed by atoms with Gasteiger partial charge in [-0.3, -0.25) is 19.3 Å². The van der Waals surface area contributed by atoms with E-state index in [1.54, 1.807) is 41.5 Å². The maximum atomic E-state index is 14.5. The summed E-state index contributed by atoms with van der Waals surface area (Å²) in [5.41, 5.74) is -2.93. The van der Waals surface area contributed by atoms with E-state index in [1.165, 1.54) is 21.1 Å². The van der Waals surface area contributed by atoms with E-state index in [9.17, 15) is 39.9 Å². The molecule has 408 valence electrons. The number of carbonyl (C=O) groups excluding carboxylic acids is 3. The number of carbonyl (C=O) groups is 3. The number of benzene rings is 1. The van der Waals surface area contributed by atoms with Crippen LogP contribution in [0.3, 0.4) is 0 Å². The number of ether oxygens (including phenoxy) is 7. The number of likely N-dealkylation sites (N-methyl/N-ethyl adjacent to an activating group) is 2. The van der Waals surface area contributed by atoms with Gasteiger partial charge in [0.15, 0.2) is 12.6 Å². The second-order valence-corrected chi connectivity index (χ2v) is 21.9. The molecule has 3 fully saturated rings. The van der Waals surface area contributed by atoms with E-state index in [1.807, 2.05) is 68.9 Å². The summed E-state index contributed by atoms with van der Waals surface area (Å²) in [4.78, 5) is 42.4. The summed E-state index contributed by atoms with van der Waals surface area (Å²) < 4.78 is 42.9. The van der Waals surface area contributed by atoms with Crippen molar-refractivity contribution in [1.29, 1.82) is 0 Å². The highest BCUT2D eigenvalue weighted by Gasteiger charge is 2.53. The summed E-state index contributed by atoms with van der Waals surface area (Å²) in [6.45, 7) is 18.4. The summed E-state index contributed by atoms with van der Waals surface area (Å²) in [5, 5.41) is 62.6. The second kappa shape index (κ2) is 26.6. The third kappa shape index (κ3) is 16.1. The molecule has 1 amide bonds. The van der Waals surface area contributed by atoms with E-state index in [0.717, 1.165) is 24.8 Å². The molecular formula is C53H91N3O15. The van der Waals surface area contributed by atoms with E-state index >= 15 is 0 Å². The molecule has 1 aromatic rings. The van der Waals surface area contributed by atoms with Gasteiger partial charge in [0, 0.05) is 63.2 Å². The zero-order chi connectivity index (χ0) is 53.2. The molecule has 18 heteroatoms. The second-order valence-electron chi connectivity index (χ2n) is 21.9. The van der Waals surface area contributed by atoms with Gasteiger partial charge in [-0.05, 0) is 118 Å². The molecule has 71 heavy (non-hydrogen) atoms. The molecule has 0 radical (unpaired) electrons. The molecule has 0 bridgehead atoms. The molecule has 0 unspecified atom stereocenters. The SMILES string of the molecule is CC[C@H]1OC(=O)[C@H](C)[C@@H](O[C@H]2C[C@@](C)(OC)[C@@H](O)[C@H](C)O2)[C@H](C)[C@@H](O[C@@H]2O[C@H](C)C[C@H](N(C)Cc3ccc(NC(=O)CCCCCCC(=O)OC)cc3)[C@H]2O)[C@](C)(O)C[C@@H](C)CN(C)[C@H](C)[C@@H](O)[C@]1(C)O. The number of esters is 2. The molecule has 0 aromatic heterocycles. The largest absolute Gasteiger partial charge is 0.469 e. The minimum atomic E-state index is -1.84. The first-order chi connectivity index (χ1) is 33.2. The summed E-state index contributed by atoms with van der Waals surface area (Å²) in [6, 6.07) is 6.53. The van der Waals surface area contributed by atoms with Crippen LogP contribution in [0, 0.1) is 17.8 Å². The van der Waals surface area contributed by atoms with Crippen LogP contribution in [0.15, 0.2) is 24.3 Å². The highest BCUT2D eigenvalue weighted by Crippen LogP contribution is 2.40. The fourth-order valence-electron chi connectivity index (χ4n) is 11.0. The Morgan fingerprint density at radius 1 is 0.887 bits per heavy atom. The first-order valence-electron chi connectivity index (χ1n) is 25.9. The zero-order valence-corrected chi connectivity index (χ0v) is 45.2. The van der Waals surface area contributed by atoms with Crippen molar-refractivity contribution in [2.75, 3.05) is 40.2 Å². The Labute approximate surface area is 423 Å². The number of methoxy groups -OCH3 is 2. The number of amides is 1. The molecule has 0 aliphatic carbocycles. The number of nitrogens with zero attached hydrogens (tertiary/aromatic N) is 2. The maximum absolute atomic E-state index is 14.5. The van der Waals surface area contributed by atoms with Gasteiger partial charge in [-0.2, -0.15) is 0 Å². The van der Waals surface area contributed by atoms with Crippen LogP contribution in [0.25, 0.3) is 0 Å². The standard InChI is InChI=1S/C53H91N3O15/c1-15-40-53(10,64)46(60)35(6)55(11)29-31(2)27-51(8,63)48(33(4)45(34(5)49(62)69-40)70-43-28-52(9,66-14)47(61)36(7)68-43)71-50-44(59)39(26-32(3)67-50)56(12)30-37-22-24-38(25-23-37)54-41(57)20-18-16-17-19-21-42(58)65-13/h22-25,31-36,39-40,43-48,50,59-61,63-64H,15-21,26-30H2,1-14H3,(H,54,57)/t31-,32-,33+,34-,35-,36+,39+,40-,43+,44-,45+,46-,47+,48-,50+,51-,52-,53-/m1/s1. The van der Waals surface area contributed by atoms with Gasteiger partial charge in [0.05, 0.1) is 48.6 Å². The Kier molecular flexibility index (Phi) is 22.7. The summed E-state index contributed by atoms with van der Waals surface area (Å²) in [5.74, 6) is -3.13. The normalized spacial score (nSPS) is 39.3. The smallest absolute Gasteiger partial charge is 0.311 e. The minimum Gasteiger partial charge on any atom is -0.469 e. The number of hydrogen-bond acceptors (Lipinski definition) is 17. The van der Waals surface area contributed by atoms with Gasteiger partial charge in [0.1, 0.15) is 30.0 Å². The van der Waals surface area contributed by atoms with Gasteiger partial charge in [-0.15, -0.1) is 0 Å². The predicted molar refractivity (Wildman–Crippen MR) is 267 cm³/mol. The molecular weight excluding hydrogens is 919 g/mol. The highest BCUT2D eigenvalue weighted by atomic mass is 16.7. The monoisotopic (exact) mass is 1010 g/mol. The van der Waals surface area contributed by atoms with Crippen molar-refractivity contribution in [2.45, 2.75) is 230 Å². The highest BCUT2D eigenvalue weighted by molar-refractivity contribution is 5.90. The molecule has 3 saturated heterocycles. The lowest BCUT2D eigenvalue weighted by Crippen LogP contribution is -2.60. The number of aliphatic hydroxyl groups excluding tert-OH is 3. The molecule has 0 saturated carbocycles. The number of anilines is 1. The average Bonchev–Trinajstić information content (AvgIpc) is 3.31. The van der Waals surface area contributed by atoms with Crippen molar-refractivity contribution < 1.29 is 73.1 Å². The average molecular weight is 1010 g/mol. The van der Waals surface area contributed by atoms with Crippen molar-refractivity contribution in [3.05, 3.63) is 29.8 Å². The molecule has 4 rings (SSSR count).